The molecule has 0 bridgehead atoms. The molecule has 0 aliphatic carbocycles. The lowest BCUT2D eigenvalue weighted by Gasteiger charge is -2.10. The van der Waals surface area contributed by atoms with Crippen LogP contribution in [0.4, 0.5) is 0 Å². The lowest BCUT2D eigenvalue weighted by Crippen LogP contribution is -2.37. The first-order chi connectivity index (χ1) is 12.2. The van der Waals surface area contributed by atoms with E-state index < -0.39 is 0 Å². The molecule has 0 amide bonds. The summed E-state index contributed by atoms with van der Waals surface area (Å²) >= 11 is 0. The van der Waals surface area contributed by atoms with Crippen LogP contribution in [-0.4, -0.2) is 32.8 Å². The van der Waals surface area contributed by atoms with Crippen LogP contribution in [0.25, 0.3) is 11.5 Å². The molecule has 1 aromatic carbocycles. The number of nitrogens with one attached hydrogen (secondary N) is 2. The van der Waals surface area contributed by atoms with Gasteiger partial charge in [0.15, 0.2) is 11.8 Å². The van der Waals surface area contributed by atoms with Crippen molar-refractivity contribution in [2.75, 3.05) is 7.05 Å². The van der Waals surface area contributed by atoms with Gasteiger partial charge in [0.25, 0.3) is 0 Å². The van der Waals surface area contributed by atoms with Crippen LogP contribution in [0.15, 0.2) is 46.3 Å². The highest BCUT2D eigenvalue weighted by Gasteiger charge is 2.08. The summed E-state index contributed by atoms with van der Waals surface area (Å²) in [6.45, 7) is 3.09. The Kier molecular flexibility index (Phi) is 7.13. The van der Waals surface area contributed by atoms with E-state index in [1.54, 1.807) is 19.6 Å². The molecule has 3 rings (SSSR count). The fourth-order valence-corrected chi connectivity index (χ4v) is 2.24. The van der Waals surface area contributed by atoms with E-state index in [9.17, 15) is 0 Å². The van der Waals surface area contributed by atoms with Crippen molar-refractivity contribution in [3.63, 3.8) is 0 Å². The highest BCUT2D eigenvalue weighted by Crippen LogP contribution is 2.18. The number of aryl methyl sites for hydroxylation is 2. The van der Waals surface area contributed by atoms with Gasteiger partial charge in [-0.1, -0.05) is 17.7 Å². The second-order valence-corrected chi connectivity index (χ2v) is 5.65. The van der Waals surface area contributed by atoms with Crippen LogP contribution in [0.1, 0.15) is 17.1 Å². The SMILES string of the molecule is CN=C(NCc1coc(-c2ccc(C)cc2)n1)NCc1nncn1C.I. The average Bonchev–Trinajstić information content (AvgIpc) is 3.25. The molecule has 26 heavy (non-hydrogen) atoms. The van der Waals surface area contributed by atoms with Crippen molar-refractivity contribution in [2.45, 2.75) is 20.0 Å². The fraction of sp³-hybridized carbons (Fsp3) is 0.294. The summed E-state index contributed by atoms with van der Waals surface area (Å²) in [5, 5.41) is 14.3. The van der Waals surface area contributed by atoms with E-state index in [0.717, 1.165) is 17.1 Å². The van der Waals surface area contributed by atoms with Crippen LogP contribution in [0.2, 0.25) is 0 Å². The van der Waals surface area contributed by atoms with Crippen LogP contribution in [0.5, 0.6) is 0 Å². The van der Waals surface area contributed by atoms with Gasteiger partial charge in [-0.05, 0) is 19.1 Å². The minimum atomic E-state index is 0. The van der Waals surface area contributed by atoms with Crippen LogP contribution in [0, 0.1) is 6.92 Å². The van der Waals surface area contributed by atoms with Crippen molar-refractivity contribution in [3.8, 4) is 11.5 Å². The van der Waals surface area contributed by atoms with Crippen molar-refractivity contribution in [3.05, 3.63) is 53.9 Å². The Morgan fingerprint density at radius 1 is 1.19 bits per heavy atom. The predicted molar refractivity (Wildman–Crippen MR) is 110 cm³/mol. The lowest BCUT2D eigenvalue weighted by atomic mass is 10.1. The van der Waals surface area contributed by atoms with Gasteiger partial charge in [0.1, 0.15) is 12.6 Å². The second-order valence-electron chi connectivity index (χ2n) is 5.65. The molecule has 138 valence electrons. The number of aromatic nitrogens is 4. The molecular weight excluding hydrogens is 445 g/mol. The van der Waals surface area contributed by atoms with Gasteiger partial charge in [0, 0.05) is 19.7 Å². The van der Waals surface area contributed by atoms with Crippen LogP contribution in [-0.2, 0) is 20.1 Å². The fourth-order valence-electron chi connectivity index (χ4n) is 2.24. The first-order valence-electron chi connectivity index (χ1n) is 7.94. The third-order valence-electron chi connectivity index (χ3n) is 3.73. The first kappa shape index (κ1) is 19.9. The van der Waals surface area contributed by atoms with E-state index in [4.69, 9.17) is 4.42 Å². The largest absolute Gasteiger partial charge is 0.444 e. The maximum Gasteiger partial charge on any atom is 0.226 e. The molecule has 0 saturated heterocycles. The van der Waals surface area contributed by atoms with Gasteiger partial charge >= 0.3 is 0 Å². The molecule has 0 radical (unpaired) electrons. The molecule has 0 aliphatic heterocycles. The summed E-state index contributed by atoms with van der Waals surface area (Å²) in [6, 6.07) is 8.07. The summed E-state index contributed by atoms with van der Waals surface area (Å²) in [5.74, 6) is 2.09. The van der Waals surface area contributed by atoms with E-state index in [2.05, 4.69) is 30.8 Å². The van der Waals surface area contributed by atoms with E-state index in [-0.39, 0.29) is 24.0 Å². The maximum atomic E-state index is 5.56. The maximum absolute atomic E-state index is 5.56. The van der Waals surface area contributed by atoms with Gasteiger partial charge < -0.3 is 19.6 Å². The Morgan fingerprint density at radius 3 is 2.58 bits per heavy atom. The van der Waals surface area contributed by atoms with E-state index in [1.165, 1.54) is 5.56 Å². The van der Waals surface area contributed by atoms with Crippen molar-refractivity contribution in [1.29, 1.82) is 0 Å². The standard InChI is InChI=1S/C17H21N7O.HI/c1-12-4-6-13(7-5-12)16-22-14(10-25-16)8-19-17(18-2)20-9-15-23-21-11-24(15)3;/h4-7,10-11H,8-9H2,1-3H3,(H2,18,19,20);1H. The molecule has 2 aromatic heterocycles. The van der Waals surface area contributed by atoms with E-state index in [1.807, 2.05) is 42.8 Å². The normalized spacial score (nSPS) is 11.1. The second kappa shape index (κ2) is 9.32. The Bertz CT molecular complexity index is 854. The number of aliphatic imine (C=N–C) groups is 1. The van der Waals surface area contributed by atoms with E-state index in [0.29, 0.717) is 24.9 Å². The van der Waals surface area contributed by atoms with Crippen molar-refractivity contribution in [1.82, 2.24) is 30.4 Å². The number of hydrogen-bond donors (Lipinski definition) is 2. The van der Waals surface area contributed by atoms with Crippen LogP contribution in [0.3, 0.4) is 0 Å². The highest BCUT2D eigenvalue weighted by molar-refractivity contribution is 14.0. The molecular formula is C17H22IN7O. The van der Waals surface area contributed by atoms with Gasteiger partial charge in [0.05, 0.1) is 18.8 Å². The number of hydrogen-bond acceptors (Lipinski definition) is 5. The van der Waals surface area contributed by atoms with E-state index >= 15 is 0 Å². The minimum Gasteiger partial charge on any atom is -0.444 e. The van der Waals surface area contributed by atoms with Crippen LogP contribution >= 0.6 is 24.0 Å². The molecule has 0 saturated carbocycles. The highest BCUT2D eigenvalue weighted by atomic mass is 127. The number of oxazole rings is 1. The first-order valence-corrected chi connectivity index (χ1v) is 7.94. The minimum absolute atomic E-state index is 0. The zero-order valence-corrected chi connectivity index (χ0v) is 17.3. The summed E-state index contributed by atoms with van der Waals surface area (Å²) in [4.78, 5) is 8.69. The van der Waals surface area contributed by atoms with Gasteiger partial charge in [0.2, 0.25) is 5.89 Å². The number of guanidine groups is 1. The molecule has 0 aliphatic rings. The third kappa shape index (κ3) is 5.04. The Hall–Kier alpha value is -2.43. The third-order valence-corrected chi connectivity index (χ3v) is 3.73. The zero-order valence-electron chi connectivity index (χ0n) is 14.9. The van der Waals surface area contributed by atoms with Gasteiger partial charge in [-0.3, -0.25) is 4.99 Å². The zero-order chi connectivity index (χ0) is 17.6. The Balaban J connectivity index is 0.00000243. The molecule has 3 aromatic rings. The van der Waals surface area contributed by atoms with Crippen molar-refractivity contribution >= 4 is 29.9 Å². The van der Waals surface area contributed by atoms with Crippen molar-refractivity contribution in [2.24, 2.45) is 12.0 Å². The molecule has 0 unspecified atom stereocenters. The molecule has 0 fully saturated rings. The number of nitrogens with zero attached hydrogens (tertiary/aromatic N) is 5. The summed E-state index contributed by atoms with van der Waals surface area (Å²) in [6.07, 6.45) is 3.31. The Labute approximate surface area is 169 Å². The van der Waals surface area contributed by atoms with Gasteiger partial charge in [-0.2, -0.15) is 0 Å². The van der Waals surface area contributed by atoms with Crippen LogP contribution < -0.4 is 10.6 Å². The quantitative estimate of drug-likeness (QED) is 0.340. The summed E-state index contributed by atoms with van der Waals surface area (Å²) in [7, 11) is 3.61. The lowest BCUT2D eigenvalue weighted by molar-refractivity contribution is 0.572. The molecule has 0 atom stereocenters. The number of benzene rings is 1. The molecule has 8 nitrogen and oxygen atoms in total. The summed E-state index contributed by atoms with van der Waals surface area (Å²) < 4.78 is 7.41. The molecule has 2 N–H and O–H groups in total. The number of halogens is 1. The summed E-state index contributed by atoms with van der Waals surface area (Å²) in [5.41, 5.74) is 2.97. The molecule has 9 heteroatoms. The monoisotopic (exact) mass is 467 g/mol. The van der Waals surface area contributed by atoms with Gasteiger partial charge in [-0.15, -0.1) is 34.2 Å². The smallest absolute Gasteiger partial charge is 0.226 e. The number of rotatable bonds is 5. The average molecular weight is 467 g/mol. The van der Waals surface area contributed by atoms with Crippen molar-refractivity contribution < 1.29 is 4.42 Å². The topological polar surface area (TPSA) is 93.2 Å². The molecule has 0 spiro atoms. The Morgan fingerprint density at radius 2 is 1.92 bits per heavy atom. The van der Waals surface area contributed by atoms with Gasteiger partial charge in [-0.25, -0.2) is 4.98 Å². The predicted octanol–water partition coefficient (Wildman–Crippen LogP) is 2.26. The molecule has 2 heterocycles.